The molecule has 1 rings (SSSR count). The molecule has 88 valence electrons. The summed E-state index contributed by atoms with van der Waals surface area (Å²) in [6.07, 6.45) is -6.15. The van der Waals surface area contributed by atoms with Gasteiger partial charge in [0.1, 0.15) is 0 Å². The second-order valence-electron chi connectivity index (χ2n) is 4.38. The minimum absolute atomic E-state index is 0.140. The van der Waals surface area contributed by atoms with Crippen molar-refractivity contribution >= 4 is 5.97 Å². The van der Waals surface area contributed by atoms with E-state index in [9.17, 15) is 23.1 Å². The highest BCUT2D eigenvalue weighted by Crippen LogP contribution is 2.51. The van der Waals surface area contributed by atoms with Crippen molar-refractivity contribution in [2.24, 2.45) is 5.41 Å². The lowest BCUT2D eigenvalue weighted by molar-refractivity contribution is -0.246. The van der Waals surface area contributed by atoms with Gasteiger partial charge in [-0.3, -0.25) is 4.79 Å². The van der Waals surface area contributed by atoms with Gasteiger partial charge in [0.2, 0.25) is 0 Å². The molecule has 0 aliphatic heterocycles. The fraction of sp³-hybridized carbons (Fsp3) is 0.889. The fourth-order valence-corrected chi connectivity index (χ4v) is 1.83. The molecule has 1 fully saturated rings. The second-order valence-corrected chi connectivity index (χ2v) is 4.38. The summed E-state index contributed by atoms with van der Waals surface area (Å²) >= 11 is 0. The molecule has 0 unspecified atom stereocenters. The van der Waals surface area contributed by atoms with Crippen LogP contribution in [-0.2, 0) is 4.79 Å². The molecule has 0 atom stereocenters. The molecule has 1 aliphatic rings. The van der Waals surface area contributed by atoms with E-state index in [1.165, 1.54) is 6.92 Å². The van der Waals surface area contributed by atoms with E-state index in [1.807, 2.05) is 0 Å². The lowest BCUT2D eigenvalue weighted by Crippen LogP contribution is -2.50. The molecule has 0 amide bonds. The molecule has 0 aromatic heterocycles. The molecule has 0 saturated heterocycles. The third kappa shape index (κ3) is 2.09. The normalized spacial score (nSPS) is 37.7. The average Bonchev–Trinajstić information content (AvgIpc) is 2.01. The summed E-state index contributed by atoms with van der Waals surface area (Å²) < 4.78 is 37.9. The number of carbonyl (C=O) groups is 1. The molecule has 2 N–H and O–H groups in total. The zero-order valence-electron chi connectivity index (χ0n) is 8.26. The average molecular weight is 226 g/mol. The van der Waals surface area contributed by atoms with Gasteiger partial charge >= 0.3 is 12.1 Å². The van der Waals surface area contributed by atoms with Gasteiger partial charge in [0.25, 0.3) is 0 Å². The quantitative estimate of drug-likeness (QED) is 0.718. The molecule has 0 aromatic rings. The molecule has 6 heteroatoms. The van der Waals surface area contributed by atoms with Crippen LogP contribution in [0.15, 0.2) is 0 Å². The molecule has 1 saturated carbocycles. The lowest BCUT2D eigenvalue weighted by atomic mass is 9.68. The van der Waals surface area contributed by atoms with Gasteiger partial charge in [-0.1, -0.05) is 0 Å². The molecule has 1 aliphatic carbocycles. The second kappa shape index (κ2) is 3.37. The zero-order valence-corrected chi connectivity index (χ0v) is 8.26. The topological polar surface area (TPSA) is 57.5 Å². The van der Waals surface area contributed by atoms with E-state index in [4.69, 9.17) is 5.11 Å². The first-order valence-electron chi connectivity index (χ1n) is 4.63. The zero-order chi connectivity index (χ0) is 11.9. The summed E-state index contributed by atoms with van der Waals surface area (Å²) in [6.45, 7) is 1.43. The van der Waals surface area contributed by atoms with Gasteiger partial charge in [0.05, 0.1) is 5.60 Å². The fourth-order valence-electron chi connectivity index (χ4n) is 1.83. The number of rotatable bonds is 1. The molecular weight excluding hydrogens is 213 g/mol. The number of aliphatic hydroxyl groups is 1. The predicted molar refractivity (Wildman–Crippen MR) is 45.2 cm³/mol. The standard InChI is InChI=1S/C9H13F3O3/c1-7(15)2-4-8(5-3-7,6(13)14)9(10,11)12/h15H,2-5H2,1H3,(H,13,14). The SMILES string of the molecule is CC1(O)CCC(C(=O)O)(C(F)(F)F)CC1. The van der Waals surface area contributed by atoms with Crippen LogP contribution in [0, 0.1) is 5.41 Å². The van der Waals surface area contributed by atoms with E-state index in [2.05, 4.69) is 0 Å². The minimum Gasteiger partial charge on any atom is -0.481 e. The van der Waals surface area contributed by atoms with Crippen molar-refractivity contribution in [3.63, 3.8) is 0 Å². The van der Waals surface area contributed by atoms with Gasteiger partial charge in [0, 0.05) is 0 Å². The molecule has 3 nitrogen and oxygen atoms in total. The van der Waals surface area contributed by atoms with Crippen molar-refractivity contribution in [3.8, 4) is 0 Å². The van der Waals surface area contributed by atoms with Crippen molar-refractivity contribution in [3.05, 3.63) is 0 Å². The Morgan fingerprint density at radius 1 is 1.20 bits per heavy atom. The molecule has 15 heavy (non-hydrogen) atoms. The Balaban J connectivity index is 2.94. The van der Waals surface area contributed by atoms with E-state index in [0.717, 1.165) is 0 Å². The molecular formula is C9H13F3O3. The number of carboxylic acids is 1. The summed E-state index contributed by atoms with van der Waals surface area (Å²) in [6, 6.07) is 0. The first-order chi connectivity index (χ1) is 6.61. The van der Waals surface area contributed by atoms with Gasteiger partial charge in [-0.25, -0.2) is 0 Å². The van der Waals surface area contributed by atoms with Gasteiger partial charge in [0.15, 0.2) is 5.41 Å². The summed E-state index contributed by atoms with van der Waals surface area (Å²) in [5, 5.41) is 18.2. The minimum atomic E-state index is -4.75. The predicted octanol–water partition coefficient (Wildman–Crippen LogP) is 1.94. The van der Waals surface area contributed by atoms with Crippen LogP contribution in [0.1, 0.15) is 32.6 Å². The van der Waals surface area contributed by atoms with Crippen LogP contribution in [-0.4, -0.2) is 28.0 Å². The van der Waals surface area contributed by atoms with Crippen molar-refractivity contribution in [2.45, 2.75) is 44.4 Å². The Morgan fingerprint density at radius 2 is 1.60 bits per heavy atom. The van der Waals surface area contributed by atoms with Crippen LogP contribution in [0.4, 0.5) is 13.2 Å². The highest BCUT2D eigenvalue weighted by atomic mass is 19.4. The number of aliphatic carboxylic acids is 1. The Labute approximate surface area is 84.9 Å². The van der Waals surface area contributed by atoms with Crippen LogP contribution in [0.2, 0.25) is 0 Å². The Morgan fingerprint density at radius 3 is 1.87 bits per heavy atom. The maximum Gasteiger partial charge on any atom is 0.404 e. The smallest absolute Gasteiger partial charge is 0.404 e. The Bertz CT molecular complexity index is 260. The summed E-state index contributed by atoms with van der Waals surface area (Å²) in [5.74, 6) is -1.84. The monoisotopic (exact) mass is 226 g/mol. The Hall–Kier alpha value is -0.780. The van der Waals surface area contributed by atoms with Crippen LogP contribution in [0.3, 0.4) is 0 Å². The van der Waals surface area contributed by atoms with Crippen molar-refractivity contribution < 1.29 is 28.2 Å². The molecule has 0 bridgehead atoms. The Kier molecular flexibility index (Phi) is 2.76. The number of halogens is 3. The van der Waals surface area contributed by atoms with Crippen molar-refractivity contribution in [1.82, 2.24) is 0 Å². The third-order valence-corrected chi connectivity index (χ3v) is 3.13. The summed E-state index contributed by atoms with van der Waals surface area (Å²) in [5.41, 5.74) is -3.85. The van der Waals surface area contributed by atoms with Crippen LogP contribution in [0.25, 0.3) is 0 Å². The number of hydrogen-bond acceptors (Lipinski definition) is 2. The lowest BCUT2D eigenvalue weighted by Gasteiger charge is -2.40. The van der Waals surface area contributed by atoms with Crippen LogP contribution >= 0.6 is 0 Å². The van der Waals surface area contributed by atoms with Crippen LogP contribution in [0.5, 0.6) is 0 Å². The molecule has 0 aromatic carbocycles. The van der Waals surface area contributed by atoms with Gasteiger partial charge in [-0.15, -0.1) is 0 Å². The first-order valence-corrected chi connectivity index (χ1v) is 4.63. The maximum atomic E-state index is 12.6. The first kappa shape index (κ1) is 12.3. The highest BCUT2D eigenvalue weighted by Gasteiger charge is 2.62. The molecule has 0 spiro atoms. The van der Waals surface area contributed by atoms with Gasteiger partial charge < -0.3 is 10.2 Å². The molecule has 0 heterocycles. The summed E-state index contributed by atoms with van der Waals surface area (Å²) in [4.78, 5) is 10.7. The van der Waals surface area contributed by atoms with E-state index < -0.39 is 36.0 Å². The van der Waals surface area contributed by atoms with E-state index in [1.54, 1.807) is 0 Å². The van der Waals surface area contributed by atoms with Crippen molar-refractivity contribution in [2.75, 3.05) is 0 Å². The highest BCUT2D eigenvalue weighted by molar-refractivity contribution is 5.75. The van der Waals surface area contributed by atoms with E-state index in [0.29, 0.717) is 0 Å². The summed E-state index contributed by atoms with van der Waals surface area (Å²) in [7, 11) is 0. The van der Waals surface area contributed by atoms with E-state index >= 15 is 0 Å². The third-order valence-electron chi connectivity index (χ3n) is 3.13. The number of alkyl halides is 3. The van der Waals surface area contributed by atoms with Crippen molar-refractivity contribution in [1.29, 1.82) is 0 Å². The van der Waals surface area contributed by atoms with E-state index in [-0.39, 0.29) is 12.8 Å². The van der Waals surface area contributed by atoms with Gasteiger partial charge in [-0.05, 0) is 32.6 Å². The largest absolute Gasteiger partial charge is 0.481 e. The number of carboxylic acid groups (broad SMARTS) is 1. The van der Waals surface area contributed by atoms with Gasteiger partial charge in [-0.2, -0.15) is 13.2 Å². The molecule has 0 radical (unpaired) electrons. The van der Waals surface area contributed by atoms with Crippen LogP contribution < -0.4 is 0 Å². The maximum absolute atomic E-state index is 12.6. The number of hydrogen-bond donors (Lipinski definition) is 2.